The molecular weight excluding hydrogens is 209 g/mol. The van der Waals surface area contributed by atoms with E-state index >= 15 is 0 Å². The van der Waals surface area contributed by atoms with Gasteiger partial charge in [0.25, 0.3) is 0 Å². The summed E-state index contributed by atoms with van der Waals surface area (Å²) in [7, 11) is 0. The van der Waals surface area contributed by atoms with Gasteiger partial charge in [0.05, 0.1) is 24.4 Å². The monoisotopic (exact) mass is 219 g/mol. The minimum atomic E-state index is -0.544. The van der Waals surface area contributed by atoms with Gasteiger partial charge in [-0.2, -0.15) is 10.5 Å². The van der Waals surface area contributed by atoms with Gasteiger partial charge in [0.2, 0.25) is 0 Å². The molecule has 0 heterocycles. The molecule has 0 amide bonds. The van der Waals surface area contributed by atoms with Crippen LogP contribution in [0.2, 0.25) is 0 Å². The van der Waals surface area contributed by atoms with Crippen molar-refractivity contribution in [2.45, 2.75) is 6.61 Å². The summed E-state index contributed by atoms with van der Waals surface area (Å²) in [5.41, 5.74) is 0.649. The quantitative estimate of drug-likeness (QED) is 0.771. The van der Waals surface area contributed by atoms with Gasteiger partial charge in [-0.1, -0.05) is 6.07 Å². The van der Waals surface area contributed by atoms with E-state index in [1.165, 1.54) is 17.0 Å². The SMILES string of the molecule is N#CCN(CC#N)c1ccc(CO)cc1F. The van der Waals surface area contributed by atoms with E-state index in [-0.39, 0.29) is 25.4 Å². The van der Waals surface area contributed by atoms with E-state index in [2.05, 4.69) is 0 Å². The summed E-state index contributed by atoms with van der Waals surface area (Å²) in [4.78, 5) is 1.33. The molecule has 0 aliphatic rings. The maximum Gasteiger partial charge on any atom is 0.146 e. The highest BCUT2D eigenvalue weighted by Gasteiger charge is 2.11. The lowest BCUT2D eigenvalue weighted by atomic mass is 10.2. The minimum Gasteiger partial charge on any atom is -0.392 e. The number of rotatable bonds is 4. The number of hydrogen-bond acceptors (Lipinski definition) is 4. The highest BCUT2D eigenvalue weighted by atomic mass is 19.1. The van der Waals surface area contributed by atoms with Gasteiger partial charge in [-0.15, -0.1) is 0 Å². The molecule has 0 aliphatic carbocycles. The van der Waals surface area contributed by atoms with Crippen LogP contribution >= 0.6 is 0 Å². The minimum absolute atomic E-state index is 0.0526. The highest BCUT2D eigenvalue weighted by molar-refractivity contribution is 5.50. The number of aliphatic hydroxyl groups is 1. The average Bonchev–Trinajstić information content (AvgIpc) is 2.29. The Hall–Kier alpha value is -2.11. The van der Waals surface area contributed by atoms with Crippen LogP contribution in [0.3, 0.4) is 0 Å². The summed E-state index contributed by atoms with van der Waals surface area (Å²) in [6.07, 6.45) is 0. The van der Waals surface area contributed by atoms with E-state index in [4.69, 9.17) is 15.6 Å². The third-order valence-corrected chi connectivity index (χ3v) is 2.06. The Kier molecular flexibility index (Phi) is 4.26. The van der Waals surface area contributed by atoms with Crippen molar-refractivity contribution >= 4 is 5.69 Å². The Labute approximate surface area is 92.8 Å². The van der Waals surface area contributed by atoms with Gasteiger partial charge in [0.15, 0.2) is 0 Å². The molecule has 0 aromatic heterocycles. The molecule has 0 atom stereocenters. The van der Waals surface area contributed by atoms with E-state index in [1.807, 2.05) is 12.1 Å². The molecule has 1 N–H and O–H groups in total. The molecule has 0 unspecified atom stereocenters. The second kappa shape index (κ2) is 5.69. The average molecular weight is 219 g/mol. The Morgan fingerprint density at radius 1 is 1.25 bits per heavy atom. The molecule has 0 saturated heterocycles. The van der Waals surface area contributed by atoms with Crippen LogP contribution in [0.4, 0.5) is 10.1 Å². The summed E-state index contributed by atoms with van der Waals surface area (Å²) >= 11 is 0. The Bertz CT molecular complexity index is 432. The number of nitriles is 2. The predicted octanol–water partition coefficient (Wildman–Crippen LogP) is 1.17. The second-order valence-corrected chi connectivity index (χ2v) is 3.12. The number of hydrogen-bond donors (Lipinski definition) is 1. The molecule has 5 heteroatoms. The van der Waals surface area contributed by atoms with Gasteiger partial charge in [0, 0.05) is 0 Å². The predicted molar refractivity (Wildman–Crippen MR) is 55.8 cm³/mol. The van der Waals surface area contributed by atoms with Crippen LogP contribution in [0.1, 0.15) is 5.56 Å². The fourth-order valence-corrected chi connectivity index (χ4v) is 1.30. The molecule has 0 fully saturated rings. The van der Waals surface area contributed by atoms with Crippen molar-refractivity contribution in [1.82, 2.24) is 0 Å². The van der Waals surface area contributed by atoms with Crippen LogP contribution in [-0.2, 0) is 6.61 Å². The molecular formula is C11H10FN3O. The van der Waals surface area contributed by atoms with Crippen LogP contribution in [0.5, 0.6) is 0 Å². The fraction of sp³-hybridized carbons (Fsp3) is 0.273. The van der Waals surface area contributed by atoms with E-state index in [9.17, 15) is 4.39 Å². The topological polar surface area (TPSA) is 71.0 Å². The molecule has 0 saturated carbocycles. The molecule has 0 radical (unpaired) electrons. The number of halogens is 1. The normalized spacial score (nSPS) is 9.25. The van der Waals surface area contributed by atoms with Gasteiger partial charge in [-0.3, -0.25) is 0 Å². The van der Waals surface area contributed by atoms with Crippen molar-refractivity contribution in [3.8, 4) is 12.1 Å². The largest absolute Gasteiger partial charge is 0.392 e. The van der Waals surface area contributed by atoms with E-state index in [1.54, 1.807) is 6.07 Å². The number of anilines is 1. The first kappa shape index (κ1) is 12.0. The van der Waals surface area contributed by atoms with Crippen LogP contribution in [-0.4, -0.2) is 18.2 Å². The molecule has 16 heavy (non-hydrogen) atoms. The smallest absolute Gasteiger partial charge is 0.146 e. The third kappa shape index (κ3) is 2.69. The molecule has 1 rings (SSSR count). The summed E-state index contributed by atoms with van der Waals surface area (Å²) < 4.78 is 13.6. The highest BCUT2D eigenvalue weighted by Crippen LogP contribution is 2.20. The van der Waals surface area contributed by atoms with Crippen molar-refractivity contribution in [3.63, 3.8) is 0 Å². The van der Waals surface area contributed by atoms with Gasteiger partial charge < -0.3 is 10.0 Å². The van der Waals surface area contributed by atoms with E-state index in [0.717, 1.165) is 0 Å². The first-order valence-electron chi connectivity index (χ1n) is 4.61. The van der Waals surface area contributed by atoms with Crippen molar-refractivity contribution in [3.05, 3.63) is 29.6 Å². The van der Waals surface area contributed by atoms with Crippen molar-refractivity contribution in [1.29, 1.82) is 10.5 Å². The molecule has 0 aliphatic heterocycles. The van der Waals surface area contributed by atoms with Gasteiger partial charge in [-0.25, -0.2) is 4.39 Å². The maximum absolute atomic E-state index is 13.6. The van der Waals surface area contributed by atoms with E-state index < -0.39 is 5.82 Å². The zero-order chi connectivity index (χ0) is 12.0. The van der Waals surface area contributed by atoms with E-state index in [0.29, 0.717) is 5.56 Å². The summed E-state index contributed by atoms with van der Waals surface area (Å²) in [6.45, 7) is -0.348. The van der Waals surface area contributed by atoms with Crippen molar-refractivity contribution < 1.29 is 9.50 Å². The first-order chi connectivity index (χ1) is 7.72. The molecule has 1 aromatic carbocycles. The number of nitrogens with zero attached hydrogens (tertiary/aromatic N) is 3. The third-order valence-electron chi connectivity index (χ3n) is 2.06. The Balaban J connectivity index is 3.02. The van der Waals surface area contributed by atoms with Crippen molar-refractivity contribution in [2.75, 3.05) is 18.0 Å². The molecule has 0 spiro atoms. The lowest BCUT2D eigenvalue weighted by molar-refractivity contribution is 0.281. The molecule has 82 valence electrons. The van der Waals surface area contributed by atoms with Crippen LogP contribution < -0.4 is 4.90 Å². The summed E-state index contributed by atoms with van der Waals surface area (Å²) in [6, 6.07) is 7.93. The number of aliphatic hydroxyl groups excluding tert-OH is 1. The lowest BCUT2D eigenvalue weighted by Crippen LogP contribution is -2.24. The standard InChI is InChI=1S/C11H10FN3O/c12-10-7-9(8-16)1-2-11(10)15(5-3-13)6-4-14/h1-2,7,16H,5-6,8H2. The van der Waals surface area contributed by atoms with Crippen LogP contribution in [0, 0.1) is 28.5 Å². The van der Waals surface area contributed by atoms with Gasteiger partial charge in [-0.05, 0) is 17.7 Å². The maximum atomic E-state index is 13.6. The second-order valence-electron chi connectivity index (χ2n) is 3.12. The molecule has 1 aromatic rings. The van der Waals surface area contributed by atoms with Crippen LogP contribution in [0.15, 0.2) is 18.2 Å². The van der Waals surface area contributed by atoms with Gasteiger partial charge in [0.1, 0.15) is 18.9 Å². The molecule has 4 nitrogen and oxygen atoms in total. The van der Waals surface area contributed by atoms with Crippen LogP contribution in [0.25, 0.3) is 0 Å². The van der Waals surface area contributed by atoms with Gasteiger partial charge >= 0.3 is 0 Å². The fourth-order valence-electron chi connectivity index (χ4n) is 1.30. The Morgan fingerprint density at radius 3 is 2.31 bits per heavy atom. The Morgan fingerprint density at radius 2 is 1.88 bits per heavy atom. The zero-order valence-corrected chi connectivity index (χ0v) is 8.52. The molecule has 0 bridgehead atoms. The lowest BCUT2D eigenvalue weighted by Gasteiger charge is -2.18. The first-order valence-corrected chi connectivity index (χ1v) is 4.61. The summed E-state index contributed by atoms with van der Waals surface area (Å²) in [5.74, 6) is -0.544. The van der Waals surface area contributed by atoms with Crippen molar-refractivity contribution in [2.24, 2.45) is 0 Å². The summed E-state index contributed by atoms with van der Waals surface area (Å²) in [5, 5.41) is 25.9. The number of benzene rings is 1. The zero-order valence-electron chi connectivity index (χ0n) is 8.52.